The second kappa shape index (κ2) is 6.54. The molecule has 2 aromatic rings. The number of ether oxygens (including phenoxy) is 1. The van der Waals surface area contributed by atoms with Crippen LogP contribution < -0.4 is 10.5 Å². The summed E-state index contributed by atoms with van der Waals surface area (Å²) in [6.07, 6.45) is 0. The van der Waals surface area contributed by atoms with Crippen LogP contribution >= 0.6 is 15.9 Å². The lowest BCUT2D eigenvalue weighted by atomic mass is 10.0. The van der Waals surface area contributed by atoms with Crippen molar-refractivity contribution in [2.75, 3.05) is 0 Å². The average molecular weight is 356 g/mol. The average Bonchev–Trinajstić information content (AvgIpc) is 2.43. The lowest BCUT2D eigenvalue weighted by Gasteiger charge is -2.15. The minimum Gasteiger partial charge on any atom is -0.451 e. The molecule has 0 saturated carbocycles. The van der Waals surface area contributed by atoms with Gasteiger partial charge in [0, 0.05) is 11.0 Å². The summed E-state index contributed by atoms with van der Waals surface area (Å²) in [4.78, 5) is 0. The maximum Gasteiger partial charge on any atom is 0.198 e. The van der Waals surface area contributed by atoms with Gasteiger partial charge in [0.05, 0.1) is 0 Å². The molecular weight excluding hydrogens is 340 g/mol. The Morgan fingerprint density at radius 3 is 2.29 bits per heavy atom. The van der Waals surface area contributed by atoms with Crippen molar-refractivity contribution in [3.63, 3.8) is 0 Å². The Kier molecular flexibility index (Phi) is 4.96. The molecule has 2 rings (SSSR count). The summed E-state index contributed by atoms with van der Waals surface area (Å²) in [7, 11) is 0. The molecule has 0 unspecified atom stereocenters. The molecule has 0 amide bonds. The third-order valence-corrected chi connectivity index (χ3v) is 3.59. The zero-order chi connectivity index (χ0) is 15.6. The largest absolute Gasteiger partial charge is 0.451 e. The smallest absolute Gasteiger partial charge is 0.198 e. The first kappa shape index (κ1) is 15.9. The maximum absolute atomic E-state index is 14.0. The van der Waals surface area contributed by atoms with Crippen LogP contribution in [0.1, 0.15) is 30.9 Å². The van der Waals surface area contributed by atoms with Crippen LogP contribution in [0.2, 0.25) is 0 Å². The number of hydrogen-bond donors (Lipinski definition) is 1. The van der Waals surface area contributed by atoms with Crippen molar-refractivity contribution in [1.82, 2.24) is 0 Å². The molecule has 2 nitrogen and oxygen atoms in total. The topological polar surface area (TPSA) is 35.2 Å². The molecule has 0 aliphatic carbocycles. The Hall–Kier alpha value is -1.46. The van der Waals surface area contributed by atoms with Gasteiger partial charge in [-0.15, -0.1) is 0 Å². The summed E-state index contributed by atoms with van der Waals surface area (Å²) in [6, 6.07) is 7.71. The van der Waals surface area contributed by atoms with Crippen LogP contribution in [0.25, 0.3) is 0 Å². The minimum atomic E-state index is -0.756. The van der Waals surface area contributed by atoms with Gasteiger partial charge < -0.3 is 10.5 Å². The molecule has 21 heavy (non-hydrogen) atoms. The maximum atomic E-state index is 14.0. The van der Waals surface area contributed by atoms with Gasteiger partial charge in [0.2, 0.25) is 0 Å². The molecule has 0 heterocycles. The van der Waals surface area contributed by atoms with E-state index in [0.717, 1.165) is 10.0 Å². The fourth-order valence-electron chi connectivity index (χ4n) is 2.00. The van der Waals surface area contributed by atoms with Crippen LogP contribution in [-0.4, -0.2) is 0 Å². The van der Waals surface area contributed by atoms with Crippen LogP contribution in [0, 0.1) is 11.6 Å². The van der Waals surface area contributed by atoms with Crippen LogP contribution in [0.3, 0.4) is 0 Å². The molecule has 2 aromatic carbocycles. The first-order chi connectivity index (χ1) is 9.92. The highest BCUT2D eigenvalue weighted by Gasteiger charge is 2.16. The molecule has 0 aliphatic heterocycles. The van der Waals surface area contributed by atoms with Gasteiger partial charge in [-0.3, -0.25) is 0 Å². The van der Waals surface area contributed by atoms with Crippen molar-refractivity contribution in [2.45, 2.75) is 26.3 Å². The molecule has 0 atom stereocenters. The summed E-state index contributed by atoms with van der Waals surface area (Å²) in [5, 5.41) is 0. The quantitative estimate of drug-likeness (QED) is 0.827. The van der Waals surface area contributed by atoms with E-state index in [9.17, 15) is 8.78 Å². The molecule has 112 valence electrons. The minimum absolute atomic E-state index is 0.0731. The molecule has 0 saturated heterocycles. The van der Waals surface area contributed by atoms with Gasteiger partial charge in [-0.05, 0) is 47.4 Å². The Bertz CT molecular complexity index is 636. The first-order valence-electron chi connectivity index (χ1n) is 6.57. The van der Waals surface area contributed by atoms with E-state index < -0.39 is 17.4 Å². The van der Waals surface area contributed by atoms with E-state index in [1.165, 1.54) is 12.1 Å². The summed E-state index contributed by atoms with van der Waals surface area (Å²) < 4.78 is 34.3. The lowest BCUT2D eigenvalue weighted by Crippen LogP contribution is -2.02. The summed E-state index contributed by atoms with van der Waals surface area (Å²) in [5.74, 6) is -1.32. The van der Waals surface area contributed by atoms with Gasteiger partial charge in [-0.2, -0.15) is 0 Å². The monoisotopic (exact) mass is 355 g/mol. The van der Waals surface area contributed by atoms with E-state index in [2.05, 4.69) is 15.9 Å². The molecule has 0 fully saturated rings. The number of nitrogens with two attached hydrogens (primary N) is 1. The molecule has 0 bridgehead atoms. The Morgan fingerprint density at radius 1 is 1.14 bits per heavy atom. The predicted octanol–water partition coefficient (Wildman–Crippen LogP) is 5.10. The van der Waals surface area contributed by atoms with Crippen molar-refractivity contribution in [2.24, 2.45) is 5.73 Å². The molecule has 5 heteroatoms. The van der Waals surface area contributed by atoms with Crippen LogP contribution in [0.5, 0.6) is 11.5 Å². The highest BCUT2D eigenvalue weighted by atomic mass is 79.9. The van der Waals surface area contributed by atoms with E-state index in [4.69, 9.17) is 10.5 Å². The summed E-state index contributed by atoms with van der Waals surface area (Å²) in [5.41, 5.74) is 6.64. The highest BCUT2D eigenvalue weighted by Crippen LogP contribution is 2.35. The van der Waals surface area contributed by atoms with Crippen LogP contribution in [0.4, 0.5) is 8.78 Å². The normalized spacial score (nSPS) is 11.0. The van der Waals surface area contributed by atoms with Crippen molar-refractivity contribution in [1.29, 1.82) is 0 Å². The molecule has 0 radical (unpaired) electrons. The van der Waals surface area contributed by atoms with Crippen LogP contribution in [-0.2, 0) is 6.54 Å². The van der Waals surface area contributed by atoms with Gasteiger partial charge in [0.25, 0.3) is 0 Å². The van der Waals surface area contributed by atoms with Crippen molar-refractivity contribution >= 4 is 15.9 Å². The fourth-order valence-corrected chi connectivity index (χ4v) is 2.38. The third kappa shape index (κ3) is 3.60. The predicted molar refractivity (Wildman–Crippen MR) is 82.6 cm³/mol. The molecule has 0 spiro atoms. The number of benzene rings is 2. The van der Waals surface area contributed by atoms with Crippen LogP contribution in [0.15, 0.2) is 34.8 Å². The Balaban J connectivity index is 2.43. The van der Waals surface area contributed by atoms with Crippen molar-refractivity contribution < 1.29 is 13.5 Å². The SMILES string of the molecule is CC(C)c1cc(Br)ccc1Oc1c(F)cc(CN)cc1F. The Labute approximate surface area is 131 Å². The zero-order valence-electron chi connectivity index (χ0n) is 11.8. The number of halogens is 3. The third-order valence-electron chi connectivity index (χ3n) is 3.10. The van der Waals surface area contributed by atoms with E-state index >= 15 is 0 Å². The van der Waals surface area contributed by atoms with Crippen molar-refractivity contribution in [3.05, 3.63) is 57.6 Å². The highest BCUT2D eigenvalue weighted by molar-refractivity contribution is 9.10. The van der Waals surface area contributed by atoms with Gasteiger partial charge in [0.1, 0.15) is 5.75 Å². The zero-order valence-corrected chi connectivity index (χ0v) is 13.4. The molecule has 0 aromatic heterocycles. The summed E-state index contributed by atoms with van der Waals surface area (Å²) in [6.45, 7) is 4.04. The first-order valence-corrected chi connectivity index (χ1v) is 7.37. The number of rotatable bonds is 4. The van der Waals surface area contributed by atoms with Gasteiger partial charge in [-0.1, -0.05) is 29.8 Å². The molecular formula is C16H16BrF2NO. The van der Waals surface area contributed by atoms with E-state index in [1.807, 2.05) is 19.9 Å². The lowest BCUT2D eigenvalue weighted by molar-refractivity contribution is 0.401. The second-order valence-corrected chi connectivity index (χ2v) is 5.95. The van der Waals surface area contributed by atoms with E-state index in [-0.39, 0.29) is 12.5 Å². The summed E-state index contributed by atoms with van der Waals surface area (Å²) >= 11 is 3.38. The van der Waals surface area contributed by atoms with Gasteiger partial charge in [0.15, 0.2) is 17.4 Å². The van der Waals surface area contributed by atoms with Gasteiger partial charge >= 0.3 is 0 Å². The molecule has 2 N–H and O–H groups in total. The van der Waals surface area contributed by atoms with Gasteiger partial charge in [-0.25, -0.2) is 8.78 Å². The standard InChI is InChI=1S/C16H16BrF2NO/c1-9(2)12-7-11(17)3-4-15(12)21-16-13(18)5-10(8-20)6-14(16)19/h3-7,9H,8,20H2,1-2H3. The molecule has 0 aliphatic rings. The Morgan fingerprint density at radius 2 is 1.76 bits per heavy atom. The van der Waals surface area contributed by atoms with E-state index in [0.29, 0.717) is 11.3 Å². The van der Waals surface area contributed by atoms with E-state index in [1.54, 1.807) is 12.1 Å². The number of hydrogen-bond acceptors (Lipinski definition) is 2. The van der Waals surface area contributed by atoms with Crippen molar-refractivity contribution in [3.8, 4) is 11.5 Å². The fraction of sp³-hybridized carbons (Fsp3) is 0.250. The second-order valence-electron chi connectivity index (χ2n) is 5.03.